The molecule has 10 heteroatoms. The van der Waals surface area contributed by atoms with Gasteiger partial charge in [0.2, 0.25) is 5.91 Å². The van der Waals surface area contributed by atoms with Crippen LogP contribution in [0.5, 0.6) is 5.75 Å². The third-order valence-corrected chi connectivity index (χ3v) is 8.27. The van der Waals surface area contributed by atoms with Gasteiger partial charge in [-0.25, -0.2) is 9.02 Å². The fourth-order valence-electron chi connectivity index (χ4n) is 5.96. The molecule has 1 aliphatic carbocycles. The normalized spacial score (nSPS) is 17.6. The monoisotopic (exact) mass is 557 g/mol. The average Bonchev–Trinajstić information content (AvgIpc) is 3.37. The first kappa shape index (κ1) is 26.7. The molecule has 2 amide bonds. The van der Waals surface area contributed by atoms with Crippen LogP contribution in [0, 0.1) is 25.1 Å². The first-order valence-corrected chi connectivity index (χ1v) is 13.8. The SMILES string of the molecule is Cc1c[nH]c(C)c1-c1ccc(NC(=O)[C@@H](NC(=O)c2nonc2C(C)C)C2c3ccc(F)cc3OCC23CC3)cc1. The molecule has 1 aliphatic heterocycles. The summed E-state index contributed by atoms with van der Waals surface area (Å²) in [6.45, 7) is 8.15. The van der Waals surface area contributed by atoms with Crippen molar-refractivity contribution in [1.29, 1.82) is 0 Å². The summed E-state index contributed by atoms with van der Waals surface area (Å²) in [7, 11) is 0. The Morgan fingerprint density at radius 1 is 1.10 bits per heavy atom. The maximum atomic E-state index is 14.1. The molecule has 0 bridgehead atoms. The third kappa shape index (κ3) is 4.87. The third-order valence-electron chi connectivity index (χ3n) is 8.27. The number of nitrogens with one attached hydrogen (secondary N) is 3. The van der Waals surface area contributed by atoms with Crippen LogP contribution >= 0.6 is 0 Å². The molecular weight excluding hydrogens is 525 g/mol. The number of aryl methyl sites for hydroxylation is 2. The van der Waals surface area contributed by atoms with Crippen LogP contribution in [0.1, 0.15) is 71.5 Å². The van der Waals surface area contributed by atoms with Crippen LogP contribution in [0.2, 0.25) is 0 Å². The highest BCUT2D eigenvalue weighted by Crippen LogP contribution is 2.61. The Balaban J connectivity index is 1.34. The van der Waals surface area contributed by atoms with Gasteiger partial charge in [-0.1, -0.05) is 37.2 Å². The van der Waals surface area contributed by atoms with Crippen molar-refractivity contribution >= 4 is 17.5 Å². The summed E-state index contributed by atoms with van der Waals surface area (Å²) >= 11 is 0. The van der Waals surface area contributed by atoms with Gasteiger partial charge in [0.25, 0.3) is 5.91 Å². The molecule has 2 atom stereocenters. The molecular formula is C31H32FN5O4. The summed E-state index contributed by atoms with van der Waals surface area (Å²) in [6, 6.07) is 10.9. The van der Waals surface area contributed by atoms with Crippen LogP contribution in [-0.2, 0) is 4.79 Å². The van der Waals surface area contributed by atoms with Gasteiger partial charge in [0.05, 0.1) is 6.61 Å². The number of rotatable bonds is 7. The average molecular weight is 558 g/mol. The number of aromatic nitrogens is 3. The molecule has 2 aromatic carbocycles. The van der Waals surface area contributed by atoms with E-state index in [9.17, 15) is 14.0 Å². The number of aromatic amines is 1. The van der Waals surface area contributed by atoms with E-state index in [0.29, 0.717) is 29.3 Å². The summed E-state index contributed by atoms with van der Waals surface area (Å²) in [5, 5.41) is 13.7. The molecule has 0 saturated heterocycles. The molecule has 9 nitrogen and oxygen atoms in total. The number of halogens is 1. The number of carbonyl (C=O) groups excluding carboxylic acids is 2. The first-order chi connectivity index (χ1) is 19.7. The second-order valence-corrected chi connectivity index (χ2v) is 11.5. The Morgan fingerprint density at radius 2 is 1.85 bits per heavy atom. The van der Waals surface area contributed by atoms with E-state index in [-0.39, 0.29) is 17.0 Å². The first-order valence-electron chi connectivity index (χ1n) is 13.8. The van der Waals surface area contributed by atoms with Gasteiger partial charge in [-0.2, -0.15) is 0 Å². The quantitative estimate of drug-likeness (QED) is 0.270. The van der Waals surface area contributed by atoms with Crippen LogP contribution < -0.4 is 15.4 Å². The number of H-pyrrole nitrogens is 1. The van der Waals surface area contributed by atoms with E-state index in [1.54, 1.807) is 6.07 Å². The lowest BCUT2D eigenvalue weighted by atomic mass is 9.75. The summed E-state index contributed by atoms with van der Waals surface area (Å²) < 4.78 is 24.9. The van der Waals surface area contributed by atoms with Gasteiger partial charge in [-0.3, -0.25) is 9.59 Å². The van der Waals surface area contributed by atoms with Gasteiger partial charge in [0.15, 0.2) is 5.69 Å². The fraction of sp³-hybridized carbons (Fsp3) is 0.355. The Labute approximate surface area is 236 Å². The maximum Gasteiger partial charge on any atom is 0.276 e. The number of benzene rings is 2. The summed E-state index contributed by atoms with van der Waals surface area (Å²) in [4.78, 5) is 30.8. The smallest absolute Gasteiger partial charge is 0.276 e. The van der Waals surface area contributed by atoms with Crippen molar-refractivity contribution in [3.05, 3.63) is 82.7 Å². The Bertz CT molecular complexity index is 1600. The predicted octanol–water partition coefficient (Wildman–Crippen LogP) is 5.64. The number of amides is 2. The lowest BCUT2D eigenvalue weighted by molar-refractivity contribution is -0.119. The van der Waals surface area contributed by atoms with Gasteiger partial charge in [0.1, 0.15) is 23.3 Å². The van der Waals surface area contributed by atoms with E-state index in [4.69, 9.17) is 9.37 Å². The standard InChI is InChI=1S/C31H32FN5O4/c1-16(2)26-28(37-41-36-26)30(39)35-27(25-22-10-7-20(32)13-23(22)40-15-31(25)11-12-31)29(38)34-21-8-5-19(6-9-21)24-17(3)14-33-18(24)4/h5-10,13-14,16,25,27,33H,11-12,15H2,1-4H3,(H,34,38)(H,35,39)/t25?,27-/m0/s1. The van der Waals surface area contributed by atoms with Crippen LogP contribution in [0.15, 0.2) is 53.3 Å². The lowest BCUT2D eigenvalue weighted by Gasteiger charge is -2.38. The van der Waals surface area contributed by atoms with Crippen molar-refractivity contribution in [2.24, 2.45) is 5.41 Å². The number of nitrogens with zero attached hydrogens (tertiary/aromatic N) is 2. The van der Waals surface area contributed by atoms with Gasteiger partial charge in [-0.15, -0.1) is 0 Å². The number of anilines is 1. The zero-order chi connectivity index (χ0) is 28.9. The van der Waals surface area contributed by atoms with E-state index >= 15 is 0 Å². The number of hydrogen-bond donors (Lipinski definition) is 3. The molecule has 2 aromatic heterocycles. The Kier molecular flexibility index (Phi) is 6.63. The zero-order valence-corrected chi connectivity index (χ0v) is 23.4. The molecule has 1 fully saturated rings. The minimum absolute atomic E-state index is 0.0376. The van der Waals surface area contributed by atoms with Crippen molar-refractivity contribution in [2.45, 2.75) is 58.4 Å². The van der Waals surface area contributed by atoms with E-state index in [0.717, 1.165) is 35.2 Å². The second-order valence-electron chi connectivity index (χ2n) is 11.5. The molecule has 1 saturated carbocycles. The molecule has 6 rings (SSSR count). The van der Waals surface area contributed by atoms with Crippen LogP contribution in [0.4, 0.5) is 10.1 Å². The van der Waals surface area contributed by atoms with E-state index in [2.05, 4.69) is 25.9 Å². The van der Waals surface area contributed by atoms with Crippen molar-refractivity contribution in [2.75, 3.05) is 11.9 Å². The number of ether oxygens (including phenoxy) is 1. The fourth-order valence-corrected chi connectivity index (χ4v) is 5.96. The summed E-state index contributed by atoms with van der Waals surface area (Å²) in [5.74, 6) is -1.55. The number of carbonyl (C=O) groups is 2. The topological polar surface area (TPSA) is 122 Å². The predicted molar refractivity (Wildman–Crippen MR) is 150 cm³/mol. The van der Waals surface area contributed by atoms with Gasteiger partial charge < -0.3 is 20.4 Å². The van der Waals surface area contributed by atoms with Crippen molar-refractivity contribution in [3.8, 4) is 16.9 Å². The van der Waals surface area contributed by atoms with E-state index in [1.165, 1.54) is 12.1 Å². The van der Waals surface area contributed by atoms with Crippen LogP contribution in [-0.4, -0.2) is 39.8 Å². The molecule has 3 heterocycles. The van der Waals surface area contributed by atoms with Crippen LogP contribution in [0.25, 0.3) is 11.1 Å². The zero-order valence-electron chi connectivity index (χ0n) is 23.4. The molecule has 212 valence electrons. The highest BCUT2D eigenvalue weighted by atomic mass is 19.1. The molecule has 3 N–H and O–H groups in total. The molecule has 0 radical (unpaired) electrons. The minimum Gasteiger partial charge on any atom is -0.493 e. The highest BCUT2D eigenvalue weighted by Gasteiger charge is 2.58. The van der Waals surface area contributed by atoms with E-state index < -0.39 is 29.6 Å². The molecule has 4 aromatic rings. The van der Waals surface area contributed by atoms with Crippen molar-refractivity contribution in [1.82, 2.24) is 20.6 Å². The molecule has 1 spiro atoms. The van der Waals surface area contributed by atoms with E-state index in [1.807, 2.05) is 58.2 Å². The second kappa shape index (κ2) is 10.2. The summed E-state index contributed by atoms with van der Waals surface area (Å²) in [5.41, 5.74) is 5.72. The van der Waals surface area contributed by atoms with Crippen molar-refractivity contribution in [3.63, 3.8) is 0 Å². The van der Waals surface area contributed by atoms with Crippen LogP contribution in [0.3, 0.4) is 0 Å². The Hall–Kier alpha value is -4.47. The van der Waals surface area contributed by atoms with Gasteiger partial charge in [-0.05, 0) is 61.2 Å². The maximum absolute atomic E-state index is 14.1. The Morgan fingerprint density at radius 3 is 2.51 bits per heavy atom. The largest absolute Gasteiger partial charge is 0.493 e. The van der Waals surface area contributed by atoms with Gasteiger partial charge in [0, 0.05) is 52.0 Å². The number of fused-ring (bicyclic) bond motifs is 1. The summed E-state index contributed by atoms with van der Waals surface area (Å²) in [6.07, 6.45) is 3.61. The minimum atomic E-state index is -0.997. The van der Waals surface area contributed by atoms with Gasteiger partial charge >= 0.3 is 0 Å². The van der Waals surface area contributed by atoms with Crippen molar-refractivity contribution < 1.29 is 23.3 Å². The molecule has 2 aliphatic rings. The number of hydrogen-bond acceptors (Lipinski definition) is 6. The highest BCUT2D eigenvalue weighted by molar-refractivity contribution is 6.01. The lowest BCUT2D eigenvalue weighted by Crippen LogP contribution is -2.52. The molecule has 1 unspecified atom stereocenters. The molecule has 41 heavy (non-hydrogen) atoms.